The van der Waals surface area contributed by atoms with Crippen molar-refractivity contribution in [2.75, 3.05) is 26.2 Å². The summed E-state index contributed by atoms with van der Waals surface area (Å²) in [6.07, 6.45) is 0. The van der Waals surface area contributed by atoms with Crippen LogP contribution in [-0.4, -0.2) is 31.7 Å². The first-order valence-electron chi connectivity index (χ1n) is 7.72. The molecule has 0 aliphatic rings. The average Bonchev–Trinajstić information content (AvgIpc) is 2.96. The fourth-order valence-corrected chi connectivity index (χ4v) is 2.88. The molecular weight excluding hydrogens is 360 g/mol. The predicted octanol–water partition coefficient (Wildman–Crippen LogP) is 2.93. The number of para-hydroxylation sites is 2. The van der Waals surface area contributed by atoms with E-state index in [0.717, 1.165) is 0 Å². The van der Waals surface area contributed by atoms with Crippen LogP contribution in [0.15, 0.2) is 45.6 Å². The van der Waals surface area contributed by atoms with Gasteiger partial charge < -0.3 is 18.8 Å². The van der Waals surface area contributed by atoms with Crippen molar-refractivity contribution in [2.45, 2.75) is 6.54 Å². The van der Waals surface area contributed by atoms with Gasteiger partial charge >= 0.3 is 5.76 Å². The van der Waals surface area contributed by atoms with Crippen molar-refractivity contribution >= 4 is 34.3 Å². The Morgan fingerprint density at radius 3 is 2.58 bits per heavy atom. The number of amides is 1. The third kappa shape index (κ3) is 3.13. The number of hydrogen-bond acceptors (Lipinski definition) is 5. The van der Waals surface area contributed by atoms with Gasteiger partial charge in [-0.1, -0.05) is 23.7 Å². The molecule has 1 heterocycles. The molecule has 0 aliphatic carbocycles. The maximum Gasteiger partial charge on any atom is 0.420 e. The summed E-state index contributed by atoms with van der Waals surface area (Å²) in [5.41, 5.74) is 1.45. The lowest BCUT2D eigenvalue weighted by molar-refractivity contribution is -0.118. The van der Waals surface area contributed by atoms with Crippen LogP contribution >= 0.6 is 11.6 Å². The molecule has 3 rings (SSSR count). The highest BCUT2D eigenvalue weighted by atomic mass is 35.5. The highest BCUT2D eigenvalue weighted by Gasteiger charge is 2.20. The number of aromatic nitrogens is 1. The fourth-order valence-electron chi connectivity index (χ4n) is 2.65. The van der Waals surface area contributed by atoms with Crippen LogP contribution < -0.4 is 20.1 Å². The largest absolute Gasteiger partial charge is 0.495 e. The number of methoxy groups -OCH3 is 2. The lowest BCUT2D eigenvalue weighted by Gasteiger charge is -2.21. The van der Waals surface area contributed by atoms with Gasteiger partial charge in [0.2, 0.25) is 5.91 Å². The molecule has 0 bridgehead atoms. The number of hydrogen-bond donors (Lipinski definition) is 0. The Kier molecular flexibility index (Phi) is 4.90. The molecule has 0 aliphatic heterocycles. The molecule has 0 unspecified atom stereocenters. The normalized spacial score (nSPS) is 10.8. The van der Waals surface area contributed by atoms with Gasteiger partial charge in [0.1, 0.15) is 18.0 Å². The van der Waals surface area contributed by atoms with Crippen LogP contribution in [0.1, 0.15) is 0 Å². The van der Waals surface area contributed by atoms with Crippen LogP contribution in [0.4, 0.5) is 5.69 Å². The second-order valence-corrected chi connectivity index (χ2v) is 5.94. The van der Waals surface area contributed by atoms with Gasteiger partial charge in [-0.15, -0.1) is 0 Å². The second-order valence-electron chi connectivity index (χ2n) is 5.53. The van der Waals surface area contributed by atoms with Gasteiger partial charge in [-0.05, 0) is 18.2 Å². The molecule has 0 saturated carbocycles. The lowest BCUT2D eigenvalue weighted by atomic mass is 10.2. The predicted molar refractivity (Wildman–Crippen MR) is 98.4 cm³/mol. The molecule has 8 heteroatoms. The molecule has 3 aromatic rings. The summed E-state index contributed by atoms with van der Waals surface area (Å²) < 4.78 is 16.9. The zero-order valence-electron chi connectivity index (χ0n) is 14.5. The molecule has 0 atom stereocenters. The van der Waals surface area contributed by atoms with Gasteiger partial charge in [0.25, 0.3) is 0 Å². The van der Waals surface area contributed by atoms with E-state index in [9.17, 15) is 9.59 Å². The van der Waals surface area contributed by atoms with Crippen molar-refractivity contribution in [2.24, 2.45) is 0 Å². The molecule has 0 N–H and O–H groups in total. The summed E-state index contributed by atoms with van der Waals surface area (Å²) in [5, 5.41) is 0.342. The third-order valence-corrected chi connectivity index (χ3v) is 4.35. The van der Waals surface area contributed by atoms with Crippen LogP contribution in [0.3, 0.4) is 0 Å². The number of likely N-dealkylation sites (N-methyl/N-ethyl adjacent to an activating group) is 1. The lowest BCUT2D eigenvalue weighted by Crippen LogP contribution is -2.33. The molecule has 2 aromatic carbocycles. The first-order valence-corrected chi connectivity index (χ1v) is 8.10. The van der Waals surface area contributed by atoms with Gasteiger partial charge in [0.05, 0.1) is 30.4 Å². The molecule has 1 amide bonds. The van der Waals surface area contributed by atoms with E-state index in [4.69, 9.17) is 25.5 Å². The van der Waals surface area contributed by atoms with Crippen LogP contribution in [-0.2, 0) is 11.3 Å². The Balaban J connectivity index is 1.94. The van der Waals surface area contributed by atoms with Crippen molar-refractivity contribution in [1.29, 1.82) is 0 Å². The molecule has 136 valence electrons. The number of benzene rings is 2. The molecule has 0 saturated heterocycles. The minimum Gasteiger partial charge on any atom is -0.495 e. The summed E-state index contributed by atoms with van der Waals surface area (Å²) in [6, 6.07) is 10.1. The van der Waals surface area contributed by atoms with Crippen molar-refractivity contribution in [3.05, 3.63) is 52.0 Å². The number of nitrogens with zero attached hydrogens (tertiary/aromatic N) is 2. The fraction of sp³-hybridized carbons (Fsp3) is 0.222. The van der Waals surface area contributed by atoms with Crippen LogP contribution in [0.5, 0.6) is 11.5 Å². The van der Waals surface area contributed by atoms with Crippen molar-refractivity contribution in [3.63, 3.8) is 0 Å². The number of anilines is 1. The van der Waals surface area contributed by atoms with Gasteiger partial charge in [-0.25, -0.2) is 4.79 Å². The summed E-state index contributed by atoms with van der Waals surface area (Å²) in [5.74, 6) is -0.0671. The smallest absolute Gasteiger partial charge is 0.420 e. The monoisotopic (exact) mass is 376 g/mol. The van der Waals surface area contributed by atoms with Crippen molar-refractivity contribution in [3.8, 4) is 11.5 Å². The maximum atomic E-state index is 12.7. The second kappa shape index (κ2) is 7.13. The third-order valence-electron chi connectivity index (χ3n) is 4.06. The van der Waals surface area contributed by atoms with Crippen LogP contribution in [0.2, 0.25) is 5.02 Å². The number of carbonyl (C=O) groups excluding carboxylic acids is 1. The number of oxazole rings is 1. The summed E-state index contributed by atoms with van der Waals surface area (Å²) in [6.45, 7) is -0.181. The SMILES string of the molecule is COc1cc(OC)c(N(C)C(=O)Cn2c(=O)oc3ccccc32)cc1Cl. The van der Waals surface area contributed by atoms with E-state index in [1.165, 1.54) is 23.7 Å². The van der Waals surface area contributed by atoms with Crippen LogP contribution in [0.25, 0.3) is 11.1 Å². The first-order chi connectivity index (χ1) is 12.5. The van der Waals surface area contributed by atoms with Gasteiger partial charge in [0, 0.05) is 13.1 Å². The Labute approximate surface area is 154 Å². The van der Waals surface area contributed by atoms with E-state index in [-0.39, 0.29) is 12.5 Å². The Morgan fingerprint density at radius 1 is 1.19 bits per heavy atom. The summed E-state index contributed by atoms with van der Waals surface area (Å²) in [7, 11) is 4.56. The summed E-state index contributed by atoms with van der Waals surface area (Å²) in [4.78, 5) is 26.2. The maximum absolute atomic E-state index is 12.7. The van der Waals surface area contributed by atoms with E-state index in [1.807, 2.05) is 0 Å². The van der Waals surface area contributed by atoms with Crippen molar-refractivity contribution < 1.29 is 18.7 Å². The first kappa shape index (κ1) is 17.9. The number of ether oxygens (including phenoxy) is 2. The quantitative estimate of drug-likeness (QED) is 0.684. The molecule has 0 radical (unpaired) electrons. The number of halogens is 1. The Morgan fingerprint density at radius 2 is 1.88 bits per heavy atom. The van der Waals surface area contributed by atoms with E-state index in [1.54, 1.807) is 43.4 Å². The number of rotatable bonds is 5. The van der Waals surface area contributed by atoms with Gasteiger partial charge in [-0.3, -0.25) is 9.36 Å². The van der Waals surface area contributed by atoms with E-state index in [0.29, 0.717) is 33.3 Å². The number of fused-ring (bicyclic) bond motifs is 1. The van der Waals surface area contributed by atoms with Crippen molar-refractivity contribution in [1.82, 2.24) is 4.57 Å². The molecular formula is C18H17ClN2O5. The Bertz CT molecular complexity index is 1020. The highest BCUT2D eigenvalue weighted by Crippen LogP contribution is 2.37. The average molecular weight is 377 g/mol. The topological polar surface area (TPSA) is 73.9 Å². The minimum absolute atomic E-state index is 0.181. The molecule has 1 aromatic heterocycles. The molecule has 26 heavy (non-hydrogen) atoms. The zero-order valence-corrected chi connectivity index (χ0v) is 15.2. The highest BCUT2D eigenvalue weighted by molar-refractivity contribution is 6.32. The number of carbonyl (C=O) groups is 1. The molecule has 7 nitrogen and oxygen atoms in total. The van der Waals surface area contributed by atoms with E-state index in [2.05, 4.69) is 0 Å². The standard InChI is InChI=1S/C18H17ClN2O5/c1-20(13-8-11(19)15(24-2)9-16(13)25-3)17(22)10-21-12-6-4-5-7-14(12)26-18(21)23/h4-9H,10H2,1-3H3. The minimum atomic E-state index is -0.590. The van der Waals surface area contributed by atoms with E-state index >= 15 is 0 Å². The summed E-state index contributed by atoms with van der Waals surface area (Å²) >= 11 is 6.16. The Hall–Kier alpha value is -2.93. The zero-order chi connectivity index (χ0) is 18.8. The van der Waals surface area contributed by atoms with Crippen LogP contribution in [0, 0.1) is 0 Å². The van der Waals surface area contributed by atoms with Gasteiger partial charge in [0.15, 0.2) is 5.58 Å². The van der Waals surface area contributed by atoms with Gasteiger partial charge in [-0.2, -0.15) is 0 Å². The molecule has 0 spiro atoms. The molecule has 0 fully saturated rings. The van der Waals surface area contributed by atoms with E-state index < -0.39 is 5.76 Å².